The minimum atomic E-state index is 1.03. The van der Waals surface area contributed by atoms with E-state index in [1.165, 1.54) is 16.5 Å². The van der Waals surface area contributed by atoms with E-state index in [1.54, 1.807) is 0 Å². The van der Waals surface area contributed by atoms with E-state index < -0.39 is 0 Å². The van der Waals surface area contributed by atoms with Gasteiger partial charge in [0.05, 0.1) is 5.52 Å². The molecule has 0 bridgehead atoms. The first kappa shape index (κ1) is 10.5. The Morgan fingerprint density at radius 1 is 0.882 bits per heavy atom. The molecule has 0 fully saturated rings. The van der Waals surface area contributed by atoms with Gasteiger partial charge < -0.3 is 0 Å². The van der Waals surface area contributed by atoms with Gasteiger partial charge in [0.2, 0.25) is 0 Å². The molecule has 0 aliphatic heterocycles. The molecule has 3 rings (SSSR count). The quantitative estimate of drug-likeness (QED) is 0.633. The molecular formula is C15H10BrN. The molecule has 0 atom stereocenters. The highest BCUT2D eigenvalue weighted by atomic mass is 79.9. The molecule has 1 nitrogen and oxygen atoms in total. The van der Waals surface area contributed by atoms with E-state index in [9.17, 15) is 0 Å². The molecule has 0 saturated heterocycles. The first-order valence-electron chi connectivity index (χ1n) is 5.44. The largest absolute Gasteiger partial charge is 0.256 e. The Morgan fingerprint density at radius 3 is 2.65 bits per heavy atom. The predicted molar refractivity (Wildman–Crippen MR) is 74.9 cm³/mol. The Labute approximate surface area is 108 Å². The Balaban J connectivity index is 2.30. The van der Waals surface area contributed by atoms with Crippen molar-refractivity contribution in [3.8, 4) is 11.1 Å². The molecular weight excluding hydrogens is 274 g/mol. The Bertz CT molecular complexity index is 671. The molecule has 1 heterocycles. The summed E-state index contributed by atoms with van der Waals surface area (Å²) in [4.78, 5) is 4.38. The highest BCUT2D eigenvalue weighted by molar-refractivity contribution is 9.10. The van der Waals surface area contributed by atoms with Gasteiger partial charge in [0.15, 0.2) is 0 Å². The lowest BCUT2D eigenvalue weighted by Gasteiger charge is -2.06. The number of fused-ring (bicyclic) bond motifs is 1. The number of hydrogen-bond acceptors (Lipinski definition) is 1. The number of aromatic nitrogens is 1. The second-order valence-corrected chi connectivity index (χ2v) is 4.80. The first-order chi connectivity index (χ1) is 8.34. The first-order valence-corrected chi connectivity index (χ1v) is 6.23. The zero-order valence-electron chi connectivity index (χ0n) is 9.10. The average molecular weight is 284 g/mol. The number of halogens is 1. The summed E-state index contributed by atoms with van der Waals surface area (Å²) in [5.41, 5.74) is 3.46. The lowest BCUT2D eigenvalue weighted by Crippen LogP contribution is -1.83. The number of hydrogen-bond donors (Lipinski definition) is 0. The molecule has 0 saturated carbocycles. The van der Waals surface area contributed by atoms with Crippen LogP contribution in [0.3, 0.4) is 0 Å². The summed E-state index contributed by atoms with van der Waals surface area (Å²) in [5, 5.41) is 1.19. The van der Waals surface area contributed by atoms with Crippen molar-refractivity contribution >= 4 is 26.8 Å². The van der Waals surface area contributed by atoms with Gasteiger partial charge in [0.25, 0.3) is 0 Å². The summed E-state index contributed by atoms with van der Waals surface area (Å²) in [6.45, 7) is 0. The van der Waals surface area contributed by atoms with E-state index in [4.69, 9.17) is 0 Å². The zero-order chi connectivity index (χ0) is 11.7. The van der Waals surface area contributed by atoms with E-state index in [2.05, 4.69) is 51.2 Å². The Hall–Kier alpha value is -1.67. The zero-order valence-corrected chi connectivity index (χ0v) is 10.7. The second-order valence-electron chi connectivity index (χ2n) is 3.89. The van der Waals surface area contributed by atoms with Crippen molar-refractivity contribution in [2.24, 2.45) is 0 Å². The van der Waals surface area contributed by atoms with Gasteiger partial charge in [-0.1, -0.05) is 46.3 Å². The lowest BCUT2D eigenvalue weighted by atomic mass is 10.0. The van der Waals surface area contributed by atoms with Crippen LogP contribution < -0.4 is 0 Å². The van der Waals surface area contributed by atoms with Crippen LogP contribution in [0.4, 0.5) is 0 Å². The number of rotatable bonds is 1. The van der Waals surface area contributed by atoms with Crippen LogP contribution >= 0.6 is 15.9 Å². The summed E-state index contributed by atoms with van der Waals surface area (Å²) >= 11 is 3.51. The van der Waals surface area contributed by atoms with E-state index in [0.717, 1.165) is 9.99 Å². The van der Waals surface area contributed by atoms with E-state index in [-0.39, 0.29) is 0 Å². The second kappa shape index (κ2) is 4.30. The van der Waals surface area contributed by atoms with Crippen molar-refractivity contribution in [3.05, 3.63) is 65.3 Å². The third-order valence-electron chi connectivity index (χ3n) is 2.78. The van der Waals surface area contributed by atoms with Crippen molar-refractivity contribution in [1.82, 2.24) is 4.98 Å². The fourth-order valence-electron chi connectivity index (χ4n) is 2.01. The summed E-state index contributed by atoms with van der Waals surface area (Å²) in [6.07, 6.45) is 1.83. The van der Waals surface area contributed by atoms with E-state index in [1.807, 2.05) is 30.5 Å². The average Bonchev–Trinajstić information content (AvgIpc) is 2.38. The van der Waals surface area contributed by atoms with Crippen molar-refractivity contribution in [3.63, 3.8) is 0 Å². The van der Waals surface area contributed by atoms with Crippen LogP contribution in [-0.4, -0.2) is 4.98 Å². The highest BCUT2D eigenvalue weighted by Gasteiger charge is 2.03. The van der Waals surface area contributed by atoms with Crippen LogP contribution in [0.2, 0.25) is 0 Å². The smallest absolute Gasteiger partial charge is 0.0708 e. The fourth-order valence-corrected chi connectivity index (χ4v) is 2.41. The fraction of sp³-hybridized carbons (Fsp3) is 0. The van der Waals surface area contributed by atoms with E-state index in [0.29, 0.717) is 0 Å². The van der Waals surface area contributed by atoms with Gasteiger partial charge in [-0.05, 0) is 35.4 Å². The molecule has 0 spiro atoms. The summed E-state index contributed by atoms with van der Waals surface area (Å²) < 4.78 is 1.09. The van der Waals surface area contributed by atoms with Gasteiger partial charge in [-0.15, -0.1) is 0 Å². The van der Waals surface area contributed by atoms with Crippen molar-refractivity contribution in [2.45, 2.75) is 0 Å². The van der Waals surface area contributed by atoms with Crippen molar-refractivity contribution in [2.75, 3.05) is 0 Å². The molecule has 0 aliphatic rings. The van der Waals surface area contributed by atoms with Gasteiger partial charge in [-0.3, -0.25) is 4.98 Å². The van der Waals surface area contributed by atoms with Gasteiger partial charge >= 0.3 is 0 Å². The molecule has 1 aromatic heterocycles. The van der Waals surface area contributed by atoms with Crippen molar-refractivity contribution in [1.29, 1.82) is 0 Å². The minimum Gasteiger partial charge on any atom is -0.256 e. The maximum absolute atomic E-state index is 4.38. The van der Waals surface area contributed by atoms with Gasteiger partial charge in [-0.25, -0.2) is 0 Å². The highest BCUT2D eigenvalue weighted by Crippen LogP contribution is 2.29. The molecule has 2 aromatic carbocycles. The molecule has 3 aromatic rings. The maximum Gasteiger partial charge on any atom is 0.0708 e. The monoisotopic (exact) mass is 283 g/mol. The molecule has 0 amide bonds. The lowest BCUT2D eigenvalue weighted by molar-refractivity contribution is 1.41. The van der Waals surface area contributed by atoms with Crippen LogP contribution in [0.25, 0.3) is 22.0 Å². The Kier molecular flexibility index (Phi) is 2.65. The molecule has 2 heteroatoms. The van der Waals surface area contributed by atoms with Crippen LogP contribution in [0.15, 0.2) is 65.3 Å². The normalized spacial score (nSPS) is 10.6. The Morgan fingerprint density at radius 2 is 1.76 bits per heavy atom. The van der Waals surface area contributed by atoms with Crippen LogP contribution in [0.5, 0.6) is 0 Å². The molecule has 0 radical (unpaired) electrons. The maximum atomic E-state index is 4.38. The molecule has 0 N–H and O–H groups in total. The summed E-state index contributed by atoms with van der Waals surface area (Å²) in [7, 11) is 0. The molecule has 17 heavy (non-hydrogen) atoms. The number of nitrogens with zero attached hydrogens (tertiary/aromatic N) is 1. The van der Waals surface area contributed by atoms with Gasteiger partial charge in [-0.2, -0.15) is 0 Å². The number of pyridine rings is 1. The predicted octanol–water partition coefficient (Wildman–Crippen LogP) is 4.66. The third-order valence-corrected chi connectivity index (χ3v) is 3.27. The third kappa shape index (κ3) is 1.96. The van der Waals surface area contributed by atoms with Gasteiger partial charge in [0, 0.05) is 16.1 Å². The minimum absolute atomic E-state index is 1.03. The molecule has 82 valence electrons. The van der Waals surface area contributed by atoms with Gasteiger partial charge in [0.1, 0.15) is 0 Å². The topological polar surface area (TPSA) is 12.9 Å². The summed E-state index contributed by atoms with van der Waals surface area (Å²) in [6, 6.07) is 18.6. The SMILES string of the molecule is Brc1cccc(-c2cccc3ncccc23)c1. The summed E-state index contributed by atoms with van der Waals surface area (Å²) in [5.74, 6) is 0. The number of benzene rings is 2. The van der Waals surface area contributed by atoms with E-state index >= 15 is 0 Å². The van der Waals surface area contributed by atoms with Crippen LogP contribution in [-0.2, 0) is 0 Å². The van der Waals surface area contributed by atoms with Crippen LogP contribution in [0.1, 0.15) is 0 Å². The standard InChI is InChI=1S/C15H10BrN/c16-12-5-1-4-11(10-12)13-6-2-8-15-14(13)7-3-9-17-15/h1-10H. The van der Waals surface area contributed by atoms with Crippen molar-refractivity contribution < 1.29 is 0 Å². The van der Waals surface area contributed by atoms with Crippen LogP contribution in [0, 0.1) is 0 Å². The molecule has 0 unspecified atom stereocenters. The molecule has 0 aliphatic carbocycles.